The molecule has 4 aromatic rings. The average Bonchev–Trinajstić information content (AvgIpc) is 3.38. The molecule has 1 unspecified atom stereocenters. The van der Waals surface area contributed by atoms with Gasteiger partial charge in [0.05, 0.1) is 17.0 Å². The Morgan fingerprint density at radius 2 is 1.64 bits per heavy atom. The number of aromatic nitrogens is 2. The molecule has 0 fully saturated rings. The highest BCUT2D eigenvalue weighted by molar-refractivity contribution is 9.10. The molecule has 0 spiro atoms. The molecule has 1 amide bonds. The van der Waals surface area contributed by atoms with Crippen molar-refractivity contribution in [1.29, 1.82) is 0 Å². The zero-order valence-corrected chi connectivity index (χ0v) is 23.1. The molecular weight excluding hydrogens is 556 g/mol. The molecule has 3 aromatic carbocycles. The number of nitrogens with two attached hydrogens (primary N) is 1. The van der Waals surface area contributed by atoms with Crippen molar-refractivity contribution in [3.05, 3.63) is 106 Å². The summed E-state index contributed by atoms with van der Waals surface area (Å²) in [5.74, 6) is -0.648. The summed E-state index contributed by atoms with van der Waals surface area (Å²) in [4.78, 5) is 28.4. The van der Waals surface area contributed by atoms with Crippen LogP contribution in [0.5, 0.6) is 0 Å². The van der Waals surface area contributed by atoms with Gasteiger partial charge < -0.3 is 16.2 Å². The summed E-state index contributed by atoms with van der Waals surface area (Å²) >= 11 is 3.55. The number of benzene rings is 3. The highest BCUT2D eigenvalue weighted by atomic mass is 79.9. The number of halogens is 1. The second kappa shape index (κ2) is 8.95. The number of rotatable bonds is 4. The van der Waals surface area contributed by atoms with E-state index in [0.717, 1.165) is 10.0 Å². The molecule has 7 nitrogen and oxygen atoms in total. The Morgan fingerprint density at radius 3 is 2.31 bits per heavy atom. The Kier molecular flexibility index (Phi) is 5.77. The third-order valence-electron chi connectivity index (χ3n) is 7.55. The third-order valence-corrected chi connectivity index (χ3v) is 8.04. The highest BCUT2D eigenvalue weighted by Gasteiger charge is 2.59. The molecule has 2 aliphatic rings. The van der Waals surface area contributed by atoms with Crippen molar-refractivity contribution in [1.82, 2.24) is 9.78 Å². The summed E-state index contributed by atoms with van der Waals surface area (Å²) in [5.41, 5.74) is 8.15. The standard InChI is InChI=1S/C31H27BrN4O3/c1-30(2)16-23(37)25(24(38)17-30)31(21-15-19(32)13-14-22(21)34-29(31)39)26-27(18-9-5-3-6-10-18)35-36(28(26)33)20-11-7-4-8-12-20/h3-15,37H,16-17,33H2,1-2H3,(H,34,39). The number of ketones is 1. The number of nitrogens with one attached hydrogen (secondary N) is 1. The molecule has 4 N–H and O–H groups in total. The lowest BCUT2D eigenvalue weighted by atomic mass is 9.62. The molecule has 0 radical (unpaired) electrons. The number of carbonyl (C=O) groups is 2. The van der Waals surface area contributed by atoms with Crippen molar-refractivity contribution < 1.29 is 14.7 Å². The third kappa shape index (κ3) is 3.81. The van der Waals surface area contributed by atoms with Crippen molar-refractivity contribution in [3.63, 3.8) is 0 Å². The predicted octanol–water partition coefficient (Wildman–Crippen LogP) is 6.32. The molecule has 2 heterocycles. The first-order chi connectivity index (χ1) is 18.6. The van der Waals surface area contributed by atoms with Crippen molar-refractivity contribution in [3.8, 4) is 16.9 Å². The molecule has 6 rings (SSSR count). The number of fused-ring (bicyclic) bond motifs is 1. The Hall–Kier alpha value is -4.17. The van der Waals surface area contributed by atoms with Crippen LogP contribution < -0.4 is 11.1 Å². The van der Waals surface area contributed by atoms with E-state index in [1.54, 1.807) is 10.7 Å². The van der Waals surface area contributed by atoms with Crippen molar-refractivity contribution in [2.45, 2.75) is 32.1 Å². The van der Waals surface area contributed by atoms with Crippen LogP contribution in [-0.4, -0.2) is 26.6 Å². The number of amides is 1. The number of nitrogen functional groups attached to an aromatic ring is 1. The first-order valence-electron chi connectivity index (χ1n) is 12.7. The number of hydrogen-bond acceptors (Lipinski definition) is 5. The minimum atomic E-state index is -1.72. The van der Waals surface area contributed by atoms with Gasteiger partial charge in [-0.2, -0.15) is 5.10 Å². The van der Waals surface area contributed by atoms with Gasteiger partial charge in [0.25, 0.3) is 0 Å². The van der Waals surface area contributed by atoms with Crippen LogP contribution in [0.4, 0.5) is 11.5 Å². The summed E-state index contributed by atoms with van der Waals surface area (Å²) < 4.78 is 2.32. The van der Waals surface area contributed by atoms with E-state index in [1.807, 2.05) is 86.6 Å². The van der Waals surface area contributed by atoms with Gasteiger partial charge in [0, 0.05) is 39.7 Å². The molecule has 1 atom stereocenters. The molecule has 0 saturated heterocycles. The molecule has 8 heteroatoms. The van der Waals surface area contributed by atoms with E-state index < -0.39 is 16.7 Å². The molecule has 0 bridgehead atoms. The number of hydrogen-bond donors (Lipinski definition) is 3. The van der Waals surface area contributed by atoms with E-state index in [1.165, 1.54) is 0 Å². The van der Waals surface area contributed by atoms with Crippen LogP contribution in [0.25, 0.3) is 16.9 Å². The molecule has 39 heavy (non-hydrogen) atoms. The average molecular weight is 583 g/mol. The number of aliphatic hydroxyl groups is 1. The fourth-order valence-corrected chi connectivity index (χ4v) is 6.34. The normalized spacial score (nSPS) is 20.2. The monoisotopic (exact) mass is 582 g/mol. The Balaban J connectivity index is 1.78. The maximum atomic E-state index is 14.4. The molecule has 0 saturated carbocycles. The molecule has 1 aromatic heterocycles. The maximum absolute atomic E-state index is 14.4. The predicted molar refractivity (Wildman–Crippen MR) is 155 cm³/mol. The van der Waals surface area contributed by atoms with Crippen molar-refractivity contribution in [2.75, 3.05) is 11.1 Å². The van der Waals surface area contributed by atoms with Gasteiger partial charge in [0.2, 0.25) is 5.91 Å². The van der Waals surface area contributed by atoms with E-state index in [0.29, 0.717) is 28.2 Å². The lowest BCUT2D eigenvalue weighted by Crippen LogP contribution is -2.44. The van der Waals surface area contributed by atoms with E-state index >= 15 is 0 Å². The summed E-state index contributed by atoms with van der Waals surface area (Å²) in [7, 11) is 0. The SMILES string of the molecule is CC1(C)CC(=O)C(C2(c3c(-c4ccccc4)nn(-c4ccccc4)c3N)C(=O)Nc3ccc(Br)cc32)=C(O)C1. The second-order valence-corrected chi connectivity index (χ2v) is 11.8. The van der Waals surface area contributed by atoms with E-state index in [-0.39, 0.29) is 35.8 Å². The van der Waals surface area contributed by atoms with Crippen LogP contribution in [-0.2, 0) is 15.0 Å². The molecule has 1 aliphatic carbocycles. The van der Waals surface area contributed by atoms with Crippen LogP contribution in [0, 0.1) is 5.41 Å². The summed E-state index contributed by atoms with van der Waals surface area (Å²) in [6, 6.07) is 24.3. The zero-order valence-electron chi connectivity index (χ0n) is 21.5. The number of Topliss-reactive ketones (excluding diaryl/α,β-unsaturated/α-hetero) is 1. The molecule has 1 aliphatic heterocycles. The lowest BCUT2D eigenvalue weighted by Gasteiger charge is -2.37. The Labute approximate surface area is 234 Å². The fourth-order valence-electron chi connectivity index (χ4n) is 5.97. The van der Waals surface area contributed by atoms with Gasteiger partial charge in [0.15, 0.2) is 5.78 Å². The van der Waals surface area contributed by atoms with Gasteiger partial charge in [0.1, 0.15) is 17.0 Å². The fraction of sp³-hybridized carbons (Fsp3) is 0.194. The van der Waals surface area contributed by atoms with Crippen LogP contribution in [0.3, 0.4) is 0 Å². The Bertz CT molecular complexity index is 1670. The first-order valence-corrected chi connectivity index (χ1v) is 13.5. The van der Waals surface area contributed by atoms with Gasteiger partial charge >= 0.3 is 0 Å². The first kappa shape index (κ1) is 25.1. The van der Waals surface area contributed by atoms with Gasteiger partial charge in [-0.25, -0.2) is 4.68 Å². The second-order valence-electron chi connectivity index (χ2n) is 10.9. The van der Waals surface area contributed by atoms with Crippen molar-refractivity contribution in [2.24, 2.45) is 5.41 Å². The maximum Gasteiger partial charge on any atom is 0.244 e. The van der Waals surface area contributed by atoms with Crippen LogP contribution >= 0.6 is 15.9 Å². The van der Waals surface area contributed by atoms with Crippen LogP contribution in [0.2, 0.25) is 0 Å². The number of carbonyl (C=O) groups excluding carboxylic acids is 2. The van der Waals surface area contributed by atoms with Gasteiger partial charge in [-0.05, 0) is 35.7 Å². The summed E-state index contributed by atoms with van der Waals surface area (Å²) in [6.07, 6.45) is 0.429. The topological polar surface area (TPSA) is 110 Å². The van der Waals surface area contributed by atoms with Gasteiger partial charge in [-0.3, -0.25) is 9.59 Å². The van der Waals surface area contributed by atoms with Gasteiger partial charge in [-0.1, -0.05) is 78.3 Å². The number of anilines is 2. The lowest BCUT2D eigenvalue weighted by molar-refractivity contribution is -0.124. The minimum Gasteiger partial charge on any atom is -0.512 e. The van der Waals surface area contributed by atoms with Crippen LogP contribution in [0.15, 0.2) is 94.7 Å². The number of nitrogens with zero attached hydrogens (tertiary/aromatic N) is 2. The summed E-state index contributed by atoms with van der Waals surface area (Å²) in [5, 5.41) is 19.5. The number of aliphatic hydroxyl groups excluding tert-OH is 1. The quantitative estimate of drug-likeness (QED) is 0.260. The van der Waals surface area contributed by atoms with E-state index in [2.05, 4.69) is 21.2 Å². The van der Waals surface area contributed by atoms with Crippen molar-refractivity contribution >= 4 is 39.1 Å². The molecule has 196 valence electrons. The highest BCUT2D eigenvalue weighted by Crippen LogP contribution is 2.56. The zero-order chi connectivity index (χ0) is 27.5. The molecular formula is C31H27BrN4O3. The Morgan fingerprint density at radius 1 is 0.974 bits per heavy atom. The smallest absolute Gasteiger partial charge is 0.244 e. The largest absolute Gasteiger partial charge is 0.512 e. The van der Waals surface area contributed by atoms with E-state index in [9.17, 15) is 14.7 Å². The number of para-hydroxylation sites is 1. The summed E-state index contributed by atoms with van der Waals surface area (Å²) in [6.45, 7) is 3.86. The number of allylic oxidation sites excluding steroid dienone is 1. The minimum absolute atomic E-state index is 0.0488. The van der Waals surface area contributed by atoms with Gasteiger partial charge in [-0.15, -0.1) is 0 Å². The van der Waals surface area contributed by atoms with Crippen LogP contribution in [0.1, 0.15) is 37.8 Å². The van der Waals surface area contributed by atoms with E-state index in [4.69, 9.17) is 10.8 Å².